The van der Waals surface area contributed by atoms with Crippen molar-refractivity contribution in [3.8, 4) is 0 Å². The third-order valence-corrected chi connectivity index (χ3v) is 5.07. The molecule has 132 valence electrons. The molecule has 6 heteroatoms. The van der Waals surface area contributed by atoms with Gasteiger partial charge in [0.1, 0.15) is 5.82 Å². The van der Waals surface area contributed by atoms with Crippen LogP contribution in [0.4, 0.5) is 4.39 Å². The van der Waals surface area contributed by atoms with Crippen molar-refractivity contribution >= 4 is 5.91 Å². The van der Waals surface area contributed by atoms with Crippen molar-refractivity contribution in [3.63, 3.8) is 0 Å². The lowest BCUT2D eigenvalue weighted by Crippen LogP contribution is -2.60. The van der Waals surface area contributed by atoms with E-state index in [2.05, 4.69) is 26.5 Å². The Kier molecular flexibility index (Phi) is 4.55. The predicted octanol–water partition coefficient (Wildman–Crippen LogP) is 1.55. The lowest BCUT2D eigenvalue weighted by molar-refractivity contribution is -0.117. The Bertz CT molecular complexity index is 713. The highest BCUT2D eigenvalue weighted by Gasteiger charge is 2.32. The van der Waals surface area contributed by atoms with Gasteiger partial charge in [0.2, 0.25) is 5.91 Å². The summed E-state index contributed by atoms with van der Waals surface area (Å²) in [5.41, 5.74) is 2.95. The number of nitrogens with one attached hydrogen (secondary N) is 2. The highest BCUT2D eigenvalue weighted by molar-refractivity contribution is 5.93. The van der Waals surface area contributed by atoms with Gasteiger partial charge in [-0.3, -0.25) is 9.69 Å². The molecule has 3 heterocycles. The molecule has 4 rings (SSSR count). The summed E-state index contributed by atoms with van der Waals surface area (Å²) in [6.45, 7) is 4.42. The molecule has 3 aliphatic rings. The average molecular weight is 342 g/mol. The molecule has 1 aromatic carbocycles. The quantitative estimate of drug-likeness (QED) is 0.875. The summed E-state index contributed by atoms with van der Waals surface area (Å²) in [7, 11) is 0. The molecule has 1 atom stereocenters. The predicted molar refractivity (Wildman–Crippen MR) is 93.7 cm³/mol. The second-order valence-electron chi connectivity index (χ2n) is 6.81. The van der Waals surface area contributed by atoms with E-state index in [0.717, 1.165) is 37.3 Å². The van der Waals surface area contributed by atoms with E-state index >= 15 is 0 Å². The fourth-order valence-corrected chi connectivity index (χ4v) is 3.64. The SMILES string of the molecule is O=C(NCc1ccc(F)cc1)C1=CN2CC3NCCCN3CC2=CC1. The number of rotatable bonds is 3. The van der Waals surface area contributed by atoms with Crippen LogP contribution in [-0.4, -0.2) is 48.1 Å². The van der Waals surface area contributed by atoms with E-state index in [1.165, 1.54) is 24.3 Å². The summed E-state index contributed by atoms with van der Waals surface area (Å²) in [4.78, 5) is 17.1. The highest BCUT2D eigenvalue weighted by Crippen LogP contribution is 2.25. The van der Waals surface area contributed by atoms with Crippen LogP contribution in [0.15, 0.2) is 47.8 Å². The van der Waals surface area contributed by atoms with Gasteiger partial charge < -0.3 is 15.5 Å². The number of amides is 1. The second kappa shape index (κ2) is 6.98. The van der Waals surface area contributed by atoms with Gasteiger partial charge in [-0.15, -0.1) is 0 Å². The monoisotopic (exact) mass is 342 g/mol. The van der Waals surface area contributed by atoms with Gasteiger partial charge in [0.15, 0.2) is 0 Å². The Morgan fingerprint density at radius 2 is 2.16 bits per heavy atom. The molecule has 0 spiro atoms. The molecule has 0 radical (unpaired) electrons. The molecule has 0 aliphatic carbocycles. The molecule has 1 unspecified atom stereocenters. The summed E-state index contributed by atoms with van der Waals surface area (Å²) in [5.74, 6) is -0.322. The minimum Gasteiger partial charge on any atom is -0.348 e. The van der Waals surface area contributed by atoms with Crippen molar-refractivity contribution in [1.29, 1.82) is 0 Å². The molecule has 1 amide bonds. The zero-order chi connectivity index (χ0) is 17.2. The second-order valence-corrected chi connectivity index (χ2v) is 6.81. The topological polar surface area (TPSA) is 47.6 Å². The smallest absolute Gasteiger partial charge is 0.249 e. The Balaban J connectivity index is 1.37. The number of nitrogens with zero attached hydrogens (tertiary/aromatic N) is 2. The van der Waals surface area contributed by atoms with Crippen LogP contribution in [0.2, 0.25) is 0 Å². The van der Waals surface area contributed by atoms with Crippen molar-refractivity contribution in [3.05, 3.63) is 59.2 Å². The lowest BCUT2D eigenvalue weighted by atomic mass is 10.0. The maximum absolute atomic E-state index is 12.9. The van der Waals surface area contributed by atoms with Gasteiger partial charge in [0, 0.05) is 37.1 Å². The number of fused-ring (bicyclic) bond motifs is 2. The molecule has 2 fully saturated rings. The van der Waals surface area contributed by atoms with E-state index in [1.807, 2.05) is 6.20 Å². The summed E-state index contributed by atoms with van der Waals surface area (Å²) in [5, 5.41) is 6.47. The maximum atomic E-state index is 12.9. The van der Waals surface area contributed by atoms with Crippen LogP contribution in [0.1, 0.15) is 18.4 Å². The van der Waals surface area contributed by atoms with Crippen molar-refractivity contribution in [2.75, 3.05) is 26.2 Å². The van der Waals surface area contributed by atoms with Gasteiger partial charge in [-0.1, -0.05) is 18.2 Å². The number of piperazine rings is 1. The largest absolute Gasteiger partial charge is 0.348 e. The zero-order valence-electron chi connectivity index (χ0n) is 14.2. The van der Waals surface area contributed by atoms with Crippen molar-refractivity contribution < 1.29 is 9.18 Å². The Labute approximate surface area is 147 Å². The number of carbonyl (C=O) groups is 1. The van der Waals surface area contributed by atoms with Crippen LogP contribution in [0, 0.1) is 5.82 Å². The van der Waals surface area contributed by atoms with E-state index < -0.39 is 0 Å². The van der Waals surface area contributed by atoms with E-state index in [1.54, 1.807) is 12.1 Å². The van der Waals surface area contributed by atoms with Gasteiger partial charge in [-0.05, 0) is 37.1 Å². The van der Waals surface area contributed by atoms with Gasteiger partial charge in [-0.25, -0.2) is 4.39 Å². The van der Waals surface area contributed by atoms with E-state index in [0.29, 0.717) is 19.1 Å². The molecular formula is C19H23FN4O. The molecular weight excluding hydrogens is 319 g/mol. The Hall–Kier alpha value is -2.18. The maximum Gasteiger partial charge on any atom is 0.249 e. The number of halogens is 1. The minimum absolute atomic E-state index is 0.0568. The van der Waals surface area contributed by atoms with E-state index in [9.17, 15) is 9.18 Å². The highest BCUT2D eigenvalue weighted by atomic mass is 19.1. The van der Waals surface area contributed by atoms with Gasteiger partial charge in [-0.2, -0.15) is 0 Å². The van der Waals surface area contributed by atoms with Gasteiger partial charge >= 0.3 is 0 Å². The van der Waals surface area contributed by atoms with Crippen LogP contribution in [0.5, 0.6) is 0 Å². The standard InChI is InChI=1S/C19H23FN4O/c20-16-5-2-14(3-6-16)10-22-19(25)15-4-7-17-12-23-9-1-8-21-18(23)13-24(17)11-15/h2-3,5-7,11,18,21H,1,4,8-10,12-13H2,(H,22,25). The van der Waals surface area contributed by atoms with Crippen LogP contribution < -0.4 is 10.6 Å². The Morgan fingerprint density at radius 1 is 1.32 bits per heavy atom. The van der Waals surface area contributed by atoms with E-state index in [4.69, 9.17) is 0 Å². The summed E-state index contributed by atoms with van der Waals surface area (Å²) >= 11 is 0. The first kappa shape index (κ1) is 16.3. The first-order valence-electron chi connectivity index (χ1n) is 8.85. The third-order valence-electron chi connectivity index (χ3n) is 5.07. The van der Waals surface area contributed by atoms with Gasteiger partial charge in [0.25, 0.3) is 0 Å². The first-order chi connectivity index (χ1) is 12.2. The van der Waals surface area contributed by atoms with Crippen molar-refractivity contribution in [2.24, 2.45) is 0 Å². The molecule has 25 heavy (non-hydrogen) atoms. The molecule has 2 saturated heterocycles. The molecule has 0 bridgehead atoms. The number of hydrogen-bond acceptors (Lipinski definition) is 4. The van der Waals surface area contributed by atoms with Crippen LogP contribution in [0.25, 0.3) is 0 Å². The van der Waals surface area contributed by atoms with Crippen LogP contribution >= 0.6 is 0 Å². The molecule has 2 N–H and O–H groups in total. The van der Waals surface area contributed by atoms with Gasteiger partial charge in [0.05, 0.1) is 12.7 Å². The first-order valence-corrected chi connectivity index (χ1v) is 8.85. The molecule has 3 aliphatic heterocycles. The van der Waals surface area contributed by atoms with Crippen LogP contribution in [-0.2, 0) is 11.3 Å². The molecule has 5 nitrogen and oxygen atoms in total. The zero-order valence-corrected chi connectivity index (χ0v) is 14.2. The molecule has 0 aromatic heterocycles. The van der Waals surface area contributed by atoms with Crippen molar-refractivity contribution in [2.45, 2.75) is 25.6 Å². The number of carbonyl (C=O) groups excluding carboxylic acids is 1. The summed E-state index contributed by atoms with van der Waals surface area (Å²) < 4.78 is 12.9. The number of hydrogen-bond donors (Lipinski definition) is 2. The molecule has 0 saturated carbocycles. The number of allylic oxidation sites excluding steroid dienone is 1. The molecule has 1 aromatic rings. The summed E-state index contributed by atoms with van der Waals surface area (Å²) in [6.07, 6.45) is 6.37. The van der Waals surface area contributed by atoms with Crippen LogP contribution in [0.3, 0.4) is 0 Å². The fourth-order valence-electron chi connectivity index (χ4n) is 3.64. The lowest BCUT2D eigenvalue weighted by Gasteiger charge is -2.46. The summed E-state index contributed by atoms with van der Waals surface area (Å²) in [6, 6.07) is 6.20. The fraction of sp³-hybridized carbons (Fsp3) is 0.421. The normalized spacial score (nSPS) is 23.2. The average Bonchev–Trinajstić information content (AvgIpc) is 2.65. The Morgan fingerprint density at radius 3 is 3.00 bits per heavy atom. The minimum atomic E-state index is -0.266. The number of benzene rings is 1. The van der Waals surface area contributed by atoms with E-state index in [-0.39, 0.29) is 11.7 Å². The third kappa shape index (κ3) is 3.60. The van der Waals surface area contributed by atoms with Crippen molar-refractivity contribution in [1.82, 2.24) is 20.4 Å².